The molecular formula is C16H25NO3. The Labute approximate surface area is 121 Å². The van der Waals surface area contributed by atoms with Crippen LogP contribution < -0.4 is 19.5 Å². The van der Waals surface area contributed by atoms with Gasteiger partial charge in [-0.2, -0.15) is 0 Å². The van der Waals surface area contributed by atoms with Crippen molar-refractivity contribution in [1.29, 1.82) is 0 Å². The Morgan fingerprint density at radius 2 is 1.85 bits per heavy atom. The molecule has 1 aliphatic rings. The quantitative estimate of drug-likeness (QED) is 0.740. The molecule has 1 N–H and O–H groups in total. The molecule has 2 rings (SSSR count). The summed E-state index contributed by atoms with van der Waals surface area (Å²) in [6.45, 7) is 8.55. The van der Waals surface area contributed by atoms with Crippen LogP contribution in [0.3, 0.4) is 0 Å². The van der Waals surface area contributed by atoms with Gasteiger partial charge in [-0.25, -0.2) is 0 Å². The second kappa shape index (κ2) is 7.39. The topological polar surface area (TPSA) is 39.7 Å². The Morgan fingerprint density at radius 3 is 2.50 bits per heavy atom. The van der Waals surface area contributed by atoms with Gasteiger partial charge < -0.3 is 19.5 Å². The van der Waals surface area contributed by atoms with E-state index >= 15 is 0 Å². The van der Waals surface area contributed by atoms with Crippen LogP contribution in [0.4, 0.5) is 0 Å². The third kappa shape index (κ3) is 3.57. The Bertz CT molecular complexity index is 430. The second-order valence-corrected chi connectivity index (χ2v) is 5.05. The van der Waals surface area contributed by atoms with Gasteiger partial charge in [-0.05, 0) is 31.9 Å². The monoisotopic (exact) mass is 279 g/mol. The highest BCUT2D eigenvalue weighted by atomic mass is 16.7. The zero-order valence-corrected chi connectivity index (χ0v) is 12.7. The van der Waals surface area contributed by atoms with Crippen LogP contribution in [-0.4, -0.2) is 19.4 Å². The molecule has 0 spiro atoms. The van der Waals surface area contributed by atoms with E-state index in [9.17, 15) is 0 Å². The molecule has 0 radical (unpaired) electrons. The van der Waals surface area contributed by atoms with Crippen molar-refractivity contribution in [2.45, 2.75) is 52.7 Å². The summed E-state index contributed by atoms with van der Waals surface area (Å²) >= 11 is 0. The lowest BCUT2D eigenvalue weighted by Crippen LogP contribution is -2.18. The minimum Gasteiger partial charge on any atom is -0.490 e. The average molecular weight is 279 g/mol. The molecular weight excluding hydrogens is 254 g/mol. The maximum absolute atomic E-state index is 6.12. The van der Waals surface area contributed by atoms with E-state index in [1.807, 2.05) is 12.1 Å². The largest absolute Gasteiger partial charge is 0.490 e. The van der Waals surface area contributed by atoms with Crippen molar-refractivity contribution in [3.05, 3.63) is 17.7 Å². The van der Waals surface area contributed by atoms with Crippen molar-refractivity contribution >= 4 is 0 Å². The van der Waals surface area contributed by atoms with Gasteiger partial charge in [-0.1, -0.05) is 20.8 Å². The van der Waals surface area contributed by atoms with E-state index < -0.39 is 0 Å². The van der Waals surface area contributed by atoms with Crippen LogP contribution in [0.25, 0.3) is 0 Å². The molecule has 0 aliphatic carbocycles. The minimum absolute atomic E-state index is 0.250. The fourth-order valence-corrected chi connectivity index (χ4v) is 2.25. The molecule has 0 unspecified atom stereocenters. The number of nitrogens with one attached hydrogen (secondary N) is 1. The molecule has 0 bridgehead atoms. The van der Waals surface area contributed by atoms with Crippen LogP contribution in [0.5, 0.6) is 17.2 Å². The van der Waals surface area contributed by atoms with E-state index in [0.717, 1.165) is 55.2 Å². The Hall–Kier alpha value is -1.42. The maximum atomic E-state index is 6.12. The number of hydrogen-bond acceptors (Lipinski definition) is 4. The number of fused-ring (bicyclic) bond motifs is 1. The number of benzene rings is 1. The molecule has 0 saturated heterocycles. The molecule has 1 aromatic rings. The summed E-state index contributed by atoms with van der Waals surface area (Å²) in [6.07, 6.45) is 3.38. The molecule has 4 heteroatoms. The van der Waals surface area contributed by atoms with Gasteiger partial charge in [0.15, 0.2) is 11.5 Å². The molecule has 0 atom stereocenters. The average Bonchev–Trinajstić information content (AvgIpc) is 2.92. The Morgan fingerprint density at radius 1 is 1.15 bits per heavy atom. The molecule has 0 fully saturated rings. The minimum atomic E-state index is 0.250. The third-order valence-corrected chi connectivity index (χ3v) is 3.50. The standard InChI is InChI=1S/C16H25NO3/c1-4-7-17-10-12-8-15-16(19-11-18-15)9-14(12)20-13(5-2)6-3/h8-9,13,17H,4-7,10-11H2,1-3H3. The van der Waals surface area contributed by atoms with Crippen molar-refractivity contribution in [3.63, 3.8) is 0 Å². The van der Waals surface area contributed by atoms with E-state index in [-0.39, 0.29) is 6.10 Å². The van der Waals surface area contributed by atoms with Crippen LogP contribution >= 0.6 is 0 Å². The van der Waals surface area contributed by atoms with E-state index in [1.54, 1.807) is 0 Å². The number of ether oxygens (including phenoxy) is 3. The Kier molecular flexibility index (Phi) is 5.53. The van der Waals surface area contributed by atoms with Crippen LogP contribution in [0, 0.1) is 0 Å². The third-order valence-electron chi connectivity index (χ3n) is 3.50. The van der Waals surface area contributed by atoms with Gasteiger partial charge in [0.1, 0.15) is 5.75 Å². The van der Waals surface area contributed by atoms with Crippen molar-refractivity contribution in [2.75, 3.05) is 13.3 Å². The molecule has 20 heavy (non-hydrogen) atoms. The first-order valence-corrected chi connectivity index (χ1v) is 7.58. The fraction of sp³-hybridized carbons (Fsp3) is 0.625. The summed E-state index contributed by atoms with van der Waals surface area (Å²) in [5, 5.41) is 3.42. The normalized spacial score (nSPS) is 13.0. The van der Waals surface area contributed by atoms with Crippen molar-refractivity contribution in [2.24, 2.45) is 0 Å². The molecule has 0 amide bonds. The summed E-state index contributed by atoms with van der Waals surface area (Å²) in [5.41, 5.74) is 1.13. The van der Waals surface area contributed by atoms with Gasteiger partial charge in [-0.15, -0.1) is 0 Å². The second-order valence-electron chi connectivity index (χ2n) is 5.05. The van der Waals surface area contributed by atoms with Crippen molar-refractivity contribution in [1.82, 2.24) is 5.32 Å². The van der Waals surface area contributed by atoms with Crippen molar-refractivity contribution < 1.29 is 14.2 Å². The summed E-state index contributed by atoms with van der Waals surface area (Å²) in [4.78, 5) is 0. The van der Waals surface area contributed by atoms with Crippen molar-refractivity contribution in [3.8, 4) is 17.2 Å². The summed E-state index contributed by atoms with van der Waals surface area (Å²) in [7, 11) is 0. The Balaban J connectivity index is 2.17. The lowest BCUT2D eigenvalue weighted by molar-refractivity contribution is 0.173. The van der Waals surface area contributed by atoms with Crippen LogP contribution in [0.15, 0.2) is 12.1 Å². The van der Waals surface area contributed by atoms with Gasteiger partial charge >= 0.3 is 0 Å². The lowest BCUT2D eigenvalue weighted by Gasteiger charge is -2.19. The van der Waals surface area contributed by atoms with Gasteiger partial charge in [0.2, 0.25) is 6.79 Å². The molecule has 0 aromatic heterocycles. The van der Waals surface area contributed by atoms with Gasteiger partial charge in [-0.3, -0.25) is 0 Å². The highest BCUT2D eigenvalue weighted by Gasteiger charge is 2.19. The van der Waals surface area contributed by atoms with E-state index in [1.165, 1.54) is 0 Å². The molecule has 1 aromatic carbocycles. The highest BCUT2D eigenvalue weighted by Crippen LogP contribution is 2.38. The molecule has 112 valence electrons. The molecule has 1 heterocycles. The molecule has 4 nitrogen and oxygen atoms in total. The van der Waals surface area contributed by atoms with Gasteiger partial charge in [0.25, 0.3) is 0 Å². The summed E-state index contributed by atoms with van der Waals surface area (Å²) < 4.78 is 17.0. The van der Waals surface area contributed by atoms with E-state index in [4.69, 9.17) is 14.2 Å². The van der Waals surface area contributed by atoms with Gasteiger partial charge in [0, 0.05) is 18.2 Å². The first-order valence-electron chi connectivity index (χ1n) is 7.58. The van der Waals surface area contributed by atoms with E-state index in [0.29, 0.717) is 6.79 Å². The number of rotatable bonds is 8. The maximum Gasteiger partial charge on any atom is 0.231 e. The first kappa shape index (κ1) is 15.0. The summed E-state index contributed by atoms with van der Waals surface area (Å²) in [5.74, 6) is 2.51. The predicted octanol–water partition coefficient (Wildman–Crippen LogP) is 3.48. The predicted molar refractivity (Wildman–Crippen MR) is 79.6 cm³/mol. The van der Waals surface area contributed by atoms with Gasteiger partial charge in [0.05, 0.1) is 6.10 Å². The summed E-state index contributed by atoms with van der Waals surface area (Å²) in [6, 6.07) is 3.99. The fourth-order valence-electron chi connectivity index (χ4n) is 2.25. The first-order chi connectivity index (χ1) is 9.78. The molecule has 0 saturated carbocycles. The van der Waals surface area contributed by atoms with Crippen LogP contribution in [0.1, 0.15) is 45.6 Å². The SMILES string of the molecule is CCCNCc1cc2c(cc1OC(CC)CC)OCO2. The van der Waals surface area contributed by atoms with Crippen LogP contribution in [-0.2, 0) is 6.54 Å². The highest BCUT2D eigenvalue weighted by molar-refractivity contribution is 5.51. The lowest BCUT2D eigenvalue weighted by atomic mass is 10.1. The molecule has 1 aliphatic heterocycles. The van der Waals surface area contributed by atoms with Crippen LogP contribution in [0.2, 0.25) is 0 Å². The zero-order valence-electron chi connectivity index (χ0n) is 12.7. The smallest absolute Gasteiger partial charge is 0.231 e. The number of hydrogen-bond donors (Lipinski definition) is 1. The van der Waals surface area contributed by atoms with E-state index in [2.05, 4.69) is 26.1 Å². The zero-order chi connectivity index (χ0) is 14.4.